The number of ether oxygens (including phenoxy) is 2. The summed E-state index contributed by atoms with van der Waals surface area (Å²) in [5.74, 6) is 0.202. The molecular formula is C14H19N3O4. The minimum Gasteiger partial charge on any atom is -0.483 e. The summed E-state index contributed by atoms with van der Waals surface area (Å²) in [6.07, 6.45) is 0.836. The van der Waals surface area contributed by atoms with Gasteiger partial charge in [0.15, 0.2) is 12.4 Å². The first-order valence-electron chi connectivity index (χ1n) is 6.66. The van der Waals surface area contributed by atoms with E-state index in [9.17, 15) is 4.79 Å². The lowest BCUT2D eigenvalue weighted by molar-refractivity contribution is -0.134. The van der Waals surface area contributed by atoms with Crippen LogP contribution in [0.1, 0.15) is 12.0 Å². The van der Waals surface area contributed by atoms with Crippen LogP contribution < -0.4 is 10.5 Å². The van der Waals surface area contributed by atoms with E-state index < -0.39 is 0 Å². The number of amides is 1. The van der Waals surface area contributed by atoms with E-state index in [1.165, 1.54) is 0 Å². The van der Waals surface area contributed by atoms with Crippen LogP contribution in [0.5, 0.6) is 5.75 Å². The summed E-state index contributed by atoms with van der Waals surface area (Å²) < 4.78 is 10.8. The number of rotatable bonds is 5. The van der Waals surface area contributed by atoms with Crippen LogP contribution in [0, 0.1) is 0 Å². The van der Waals surface area contributed by atoms with Crippen molar-refractivity contribution >= 4 is 11.7 Å². The molecule has 0 aliphatic carbocycles. The minimum absolute atomic E-state index is 0.0596. The molecule has 0 saturated carbocycles. The number of nitrogens with zero attached hydrogens (tertiary/aromatic N) is 2. The number of nitrogens with two attached hydrogens (primary N) is 1. The largest absolute Gasteiger partial charge is 0.483 e. The van der Waals surface area contributed by atoms with Gasteiger partial charge in [-0.05, 0) is 18.6 Å². The molecule has 1 aromatic carbocycles. The van der Waals surface area contributed by atoms with Gasteiger partial charge in [-0.1, -0.05) is 17.3 Å². The van der Waals surface area contributed by atoms with Gasteiger partial charge in [0.05, 0.1) is 18.2 Å². The highest BCUT2D eigenvalue weighted by Gasteiger charge is 2.24. The number of oxime groups is 1. The van der Waals surface area contributed by atoms with E-state index in [4.69, 9.17) is 20.4 Å². The van der Waals surface area contributed by atoms with Gasteiger partial charge < -0.3 is 25.3 Å². The molecule has 1 aromatic rings. The van der Waals surface area contributed by atoms with Crippen molar-refractivity contribution in [2.24, 2.45) is 10.9 Å². The molecule has 0 aromatic heterocycles. The zero-order valence-electron chi connectivity index (χ0n) is 11.9. The smallest absolute Gasteiger partial charge is 0.260 e. The average molecular weight is 293 g/mol. The first kappa shape index (κ1) is 15.1. The maximum Gasteiger partial charge on any atom is 0.260 e. The second-order valence-electron chi connectivity index (χ2n) is 4.79. The fourth-order valence-electron chi connectivity index (χ4n) is 2.13. The summed E-state index contributed by atoms with van der Waals surface area (Å²) in [5.41, 5.74) is 6.01. The zero-order chi connectivity index (χ0) is 15.2. The lowest BCUT2D eigenvalue weighted by Crippen LogP contribution is -2.40. The van der Waals surface area contributed by atoms with Gasteiger partial charge in [0, 0.05) is 13.7 Å². The Bertz CT molecular complexity index is 527. The van der Waals surface area contributed by atoms with Crippen molar-refractivity contribution in [3.05, 3.63) is 29.8 Å². The molecule has 1 amide bonds. The van der Waals surface area contributed by atoms with Crippen molar-refractivity contribution in [2.75, 3.05) is 26.9 Å². The summed E-state index contributed by atoms with van der Waals surface area (Å²) >= 11 is 0. The molecule has 21 heavy (non-hydrogen) atoms. The van der Waals surface area contributed by atoms with Crippen molar-refractivity contribution in [3.8, 4) is 5.75 Å². The van der Waals surface area contributed by atoms with Gasteiger partial charge in [-0.15, -0.1) is 0 Å². The van der Waals surface area contributed by atoms with E-state index in [2.05, 4.69) is 5.16 Å². The topological polar surface area (TPSA) is 97.4 Å². The van der Waals surface area contributed by atoms with Crippen molar-refractivity contribution in [1.82, 2.24) is 4.90 Å². The van der Waals surface area contributed by atoms with E-state index in [-0.39, 0.29) is 24.4 Å². The molecule has 1 unspecified atom stereocenters. The van der Waals surface area contributed by atoms with Gasteiger partial charge in [0.2, 0.25) is 0 Å². The van der Waals surface area contributed by atoms with Gasteiger partial charge in [0.1, 0.15) is 5.75 Å². The maximum atomic E-state index is 12.1. The Labute approximate surface area is 122 Å². The number of likely N-dealkylation sites (N-methyl/N-ethyl adjacent to an activating group) is 1. The number of hydrogen-bond donors (Lipinski definition) is 2. The number of carbonyl (C=O) groups is 1. The van der Waals surface area contributed by atoms with E-state index in [0.29, 0.717) is 24.5 Å². The monoisotopic (exact) mass is 293 g/mol. The second-order valence-corrected chi connectivity index (χ2v) is 4.79. The van der Waals surface area contributed by atoms with Gasteiger partial charge >= 0.3 is 0 Å². The highest BCUT2D eigenvalue weighted by molar-refractivity contribution is 5.99. The predicted octanol–water partition coefficient (Wildman–Crippen LogP) is 0.407. The number of benzene rings is 1. The molecular weight excluding hydrogens is 274 g/mol. The highest BCUT2D eigenvalue weighted by atomic mass is 16.5. The molecule has 114 valence electrons. The summed E-state index contributed by atoms with van der Waals surface area (Å²) in [6, 6.07) is 6.91. The van der Waals surface area contributed by atoms with Crippen LogP contribution in [0.15, 0.2) is 29.4 Å². The van der Waals surface area contributed by atoms with Crippen molar-refractivity contribution in [1.29, 1.82) is 0 Å². The van der Waals surface area contributed by atoms with E-state index in [0.717, 1.165) is 6.42 Å². The number of hydrogen-bond acceptors (Lipinski definition) is 5. The van der Waals surface area contributed by atoms with Gasteiger partial charge in [-0.25, -0.2) is 0 Å². The van der Waals surface area contributed by atoms with E-state index in [1.54, 1.807) is 36.2 Å². The Hall–Kier alpha value is -2.28. The molecule has 0 spiro atoms. The lowest BCUT2D eigenvalue weighted by Gasteiger charge is -2.23. The molecule has 1 heterocycles. The average Bonchev–Trinajstić information content (AvgIpc) is 3.05. The quantitative estimate of drug-likeness (QED) is 0.354. The number of amidine groups is 1. The molecule has 1 aliphatic rings. The normalized spacial score (nSPS) is 18.5. The Kier molecular flexibility index (Phi) is 4.99. The lowest BCUT2D eigenvalue weighted by atomic mass is 10.2. The van der Waals surface area contributed by atoms with Crippen LogP contribution >= 0.6 is 0 Å². The predicted molar refractivity (Wildman–Crippen MR) is 76.4 cm³/mol. The zero-order valence-corrected chi connectivity index (χ0v) is 11.9. The molecule has 2 rings (SSSR count). The molecule has 1 saturated heterocycles. The van der Waals surface area contributed by atoms with Gasteiger partial charge in [-0.3, -0.25) is 4.79 Å². The van der Waals surface area contributed by atoms with Crippen LogP contribution in [-0.4, -0.2) is 54.8 Å². The Morgan fingerprint density at radius 3 is 3.00 bits per heavy atom. The van der Waals surface area contributed by atoms with Crippen LogP contribution in [0.2, 0.25) is 0 Å². The SMILES string of the molecule is CN(C(=O)COc1ccccc1/C(N)=N/O)C1CCOC1. The van der Waals surface area contributed by atoms with Crippen molar-refractivity contribution < 1.29 is 19.5 Å². The third-order valence-corrected chi connectivity index (χ3v) is 3.47. The molecule has 0 radical (unpaired) electrons. The number of carbonyl (C=O) groups excluding carboxylic acids is 1. The van der Waals surface area contributed by atoms with Gasteiger partial charge in [-0.2, -0.15) is 0 Å². The highest BCUT2D eigenvalue weighted by Crippen LogP contribution is 2.18. The fraction of sp³-hybridized carbons (Fsp3) is 0.429. The molecule has 1 fully saturated rings. The van der Waals surface area contributed by atoms with Crippen molar-refractivity contribution in [3.63, 3.8) is 0 Å². The third-order valence-electron chi connectivity index (χ3n) is 3.47. The Morgan fingerprint density at radius 2 is 2.33 bits per heavy atom. The molecule has 0 bridgehead atoms. The van der Waals surface area contributed by atoms with Gasteiger partial charge in [0.25, 0.3) is 5.91 Å². The maximum absolute atomic E-state index is 12.1. The molecule has 1 aliphatic heterocycles. The summed E-state index contributed by atoms with van der Waals surface area (Å²) in [4.78, 5) is 13.7. The Morgan fingerprint density at radius 1 is 1.57 bits per heavy atom. The summed E-state index contributed by atoms with van der Waals surface area (Å²) in [7, 11) is 1.74. The second kappa shape index (κ2) is 6.94. The third kappa shape index (κ3) is 3.63. The molecule has 3 N–H and O–H groups in total. The molecule has 7 heteroatoms. The molecule has 7 nitrogen and oxygen atoms in total. The van der Waals surface area contributed by atoms with Crippen LogP contribution in [0.4, 0.5) is 0 Å². The van der Waals surface area contributed by atoms with Crippen LogP contribution in [-0.2, 0) is 9.53 Å². The van der Waals surface area contributed by atoms with E-state index in [1.807, 2.05) is 0 Å². The van der Waals surface area contributed by atoms with Crippen LogP contribution in [0.25, 0.3) is 0 Å². The fourth-order valence-corrected chi connectivity index (χ4v) is 2.13. The summed E-state index contributed by atoms with van der Waals surface area (Å²) in [6.45, 7) is 1.13. The minimum atomic E-state index is -0.139. The van der Waals surface area contributed by atoms with Crippen LogP contribution in [0.3, 0.4) is 0 Å². The van der Waals surface area contributed by atoms with E-state index >= 15 is 0 Å². The van der Waals surface area contributed by atoms with Crippen molar-refractivity contribution in [2.45, 2.75) is 12.5 Å². The standard InChI is InChI=1S/C14H19N3O4/c1-17(10-6-7-20-8-10)13(18)9-21-12-5-3-2-4-11(12)14(15)16-19/h2-5,10,19H,6-9H2,1H3,(H2,15,16). The number of para-hydroxylation sites is 1. The Balaban J connectivity index is 1.98. The first-order chi connectivity index (χ1) is 10.1. The summed E-state index contributed by atoms with van der Waals surface area (Å²) in [5, 5.41) is 11.7. The first-order valence-corrected chi connectivity index (χ1v) is 6.66. The molecule has 1 atom stereocenters.